The van der Waals surface area contributed by atoms with Gasteiger partial charge in [-0.3, -0.25) is 9.59 Å². The van der Waals surface area contributed by atoms with Crippen LogP contribution in [-0.4, -0.2) is 45.8 Å². The average Bonchev–Trinajstić information content (AvgIpc) is 3.30. The fourth-order valence-corrected chi connectivity index (χ4v) is 4.19. The van der Waals surface area contributed by atoms with Crippen LogP contribution < -0.4 is 10.6 Å². The molecule has 1 aromatic heterocycles. The largest absolute Gasteiger partial charge is 0.375 e. The van der Waals surface area contributed by atoms with E-state index in [0.29, 0.717) is 35.8 Å². The molecule has 1 saturated heterocycles. The number of amides is 2. The fourth-order valence-electron chi connectivity index (χ4n) is 4.19. The van der Waals surface area contributed by atoms with E-state index in [1.807, 2.05) is 13.0 Å². The summed E-state index contributed by atoms with van der Waals surface area (Å²) in [7, 11) is 0. The molecular weight excluding hydrogens is 445 g/mol. The number of halogens is 1. The Hall–Kier alpha value is -3.16. The number of nitrogens with zero attached hydrogens (tertiary/aromatic N) is 2. The molecule has 3 N–H and O–H groups in total. The Morgan fingerprint density at radius 3 is 2.66 bits per heavy atom. The van der Waals surface area contributed by atoms with E-state index in [9.17, 15) is 14.0 Å². The lowest BCUT2D eigenvalue weighted by Gasteiger charge is -2.32. The van der Waals surface area contributed by atoms with Gasteiger partial charge in [0.25, 0.3) is 0 Å². The van der Waals surface area contributed by atoms with Crippen molar-refractivity contribution in [2.75, 3.05) is 13.1 Å². The van der Waals surface area contributed by atoms with Crippen LogP contribution in [0.1, 0.15) is 63.8 Å². The second-order valence-electron chi connectivity index (χ2n) is 9.82. The van der Waals surface area contributed by atoms with Gasteiger partial charge in [-0.15, -0.1) is 0 Å². The number of hydrogen-bond donors (Lipinski definition) is 3. The molecule has 0 bridgehead atoms. The zero-order chi connectivity index (χ0) is 25.4. The van der Waals surface area contributed by atoms with E-state index in [-0.39, 0.29) is 24.2 Å². The summed E-state index contributed by atoms with van der Waals surface area (Å²) in [6.45, 7) is 12.2. The highest BCUT2D eigenvalue weighted by molar-refractivity contribution is 5.87. The zero-order valence-electron chi connectivity index (χ0n) is 21.1. The molecule has 0 saturated carbocycles. The molecule has 1 aromatic carbocycles. The smallest absolute Gasteiger partial charge is 0.243 e. The topological polar surface area (TPSA) is 90.1 Å². The number of aryl methyl sites for hydroxylation is 1. The van der Waals surface area contributed by atoms with Crippen molar-refractivity contribution in [3.05, 3.63) is 53.9 Å². The van der Waals surface area contributed by atoms with Crippen LogP contribution in [0.5, 0.6) is 0 Å². The van der Waals surface area contributed by atoms with Crippen LogP contribution in [0, 0.1) is 18.7 Å². The van der Waals surface area contributed by atoms with Crippen LogP contribution >= 0.6 is 0 Å². The lowest BCUT2D eigenvalue weighted by Crippen LogP contribution is -2.48. The van der Waals surface area contributed by atoms with Crippen LogP contribution in [-0.2, 0) is 16.1 Å². The summed E-state index contributed by atoms with van der Waals surface area (Å²) in [6.07, 6.45) is 6.48. The molecule has 8 heteroatoms. The third-order valence-corrected chi connectivity index (χ3v) is 6.32. The molecule has 0 radical (unpaired) electrons. The molecule has 1 atom stereocenters. The number of carbonyl (C=O) groups is 2. The predicted octanol–water partition coefficient (Wildman–Crippen LogP) is 4.45. The number of likely N-dealkylation sites (tertiary alicyclic amines) is 1. The lowest BCUT2D eigenvalue weighted by molar-refractivity contribution is -0.129. The summed E-state index contributed by atoms with van der Waals surface area (Å²) in [6, 6.07) is 4.30. The molecule has 0 aliphatic carbocycles. The van der Waals surface area contributed by atoms with Gasteiger partial charge in [0.2, 0.25) is 11.8 Å². The Morgan fingerprint density at radius 1 is 1.23 bits per heavy atom. The highest BCUT2D eigenvalue weighted by Crippen LogP contribution is 2.22. The molecule has 3 rings (SSSR count). The fraction of sp³-hybridized carbons (Fsp3) is 0.519. The van der Waals surface area contributed by atoms with Crippen molar-refractivity contribution < 1.29 is 14.0 Å². The Bertz CT molecular complexity index is 1030. The van der Waals surface area contributed by atoms with Gasteiger partial charge in [-0.2, -0.15) is 0 Å². The highest BCUT2D eigenvalue weighted by atomic mass is 19.1. The Morgan fingerprint density at radius 2 is 1.97 bits per heavy atom. The van der Waals surface area contributed by atoms with Crippen molar-refractivity contribution >= 4 is 11.8 Å². The van der Waals surface area contributed by atoms with Gasteiger partial charge in [-0.25, -0.2) is 9.37 Å². The van der Waals surface area contributed by atoms with Crippen molar-refractivity contribution in [3.63, 3.8) is 0 Å². The van der Waals surface area contributed by atoms with Crippen LogP contribution in [0.3, 0.4) is 0 Å². The number of benzene rings is 1. The normalized spacial score (nSPS) is 14.6. The molecule has 7 nitrogen and oxygen atoms in total. The van der Waals surface area contributed by atoms with Crippen molar-refractivity contribution in [3.8, 4) is 11.3 Å². The summed E-state index contributed by atoms with van der Waals surface area (Å²) in [5, 5.41) is 5.77. The first-order valence-electron chi connectivity index (χ1n) is 12.5. The minimum atomic E-state index is -0.715. The molecular formula is C27H38FN5O2. The first-order chi connectivity index (χ1) is 16.7. The first-order valence-corrected chi connectivity index (χ1v) is 12.5. The van der Waals surface area contributed by atoms with Crippen LogP contribution in [0.25, 0.3) is 11.3 Å². The van der Waals surface area contributed by atoms with Gasteiger partial charge < -0.3 is 20.5 Å². The SMILES string of the molecule is C=C(C[C@H](NC(=O)CCC(C)C)C(=O)NCc1ncc(-c2ccc(C)cc2F)[nH]1)N1CCCCC1. The molecule has 190 valence electrons. The average molecular weight is 484 g/mol. The maximum absolute atomic E-state index is 14.3. The molecule has 35 heavy (non-hydrogen) atoms. The van der Waals surface area contributed by atoms with E-state index in [0.717, 1.165) is 43.6 Å². The zero-order valence-corrected chi connectivity index (χ0v) is 21.1. The minimum absolute atomic E-state index is 0.138. The van der Waals surface area contributed by atoms with E-state index < -0.39 is 6.04 Å². The summed E-state index contributed by atoms with van der Waals surface area (Å²) in [5.74, 6) is 0.154. The molecule has 2 amide bonds. The third-order valence-electron chi connectivity index (χ3n) is 6.32. The number of H-pyrrole nitrogens is 1. The number of carbonyl (C=O) groups excluding carboxylic acids is 2. The molecule has 2 aromatic rings. The van der Waals surface area contributed by atoms with E-state index >= 15 is 0 Å². The van der Waals surface area contributed by atoms with Crippen molar-refractivity contribution in [2.24, 2.45) is 5.92 Å². The van der Waals surface area contributed by atoms with E-state index in [1.54, 1.807) is 12.3 Å². The van der Waals surface area contributed by atoms with Gasteiger partial charge in [0.1, 0.15) is 17.7 Å². The van der Waals surface area contributed by atoms with Crippen molar-refractivity contribution in [1.82, 2.24) is 25.5 Å². The molecule has 0 spiro atoms. The van der Waals surface area contributed by atoms with E-state index in [1.165, 1.54) is 12.5 Å². The number of imidazole rings is 1. The van der Waals surface area contributed by atoms with Crippen LogP contribution in [0.15, 0.2) is 36.7 Å². The second kappa shape index (κ2) is 12.5. The maximum Gasteiger partial charge on any atom is 0.243 e. The number of aromatic amines is 1. The quantitative estimate of drug-likeness (QED) is 0.440. The van der Waals surface area contributed by atoms with Gasteiger partial charge in [0.05, 0.1) is 18.4 Å². The van der Waals surface area contributed by atoms with Crippen molar-refractivity contribution in [2.45, 2.75) is 71.9 Å². The molecule has 1 aliphatic heterocycles. The maximum atomic E-state index is 14.3. The highest BCUT2D eigenvalue weighted by Gasteiger charge is 2.24. The summed E-state index contributed by atoms with van der Waals surface area (Å²) >= 11 is 0. The van der Waals surface area contributed by atoms with Crippen LogP contribution in [0.2, 0.25) is 0 Å². The lowest BCUT2D eigenvalue weighted by atomic mass is 10.1. The van der Waals surface area contributed by atoms with Gasteiger partial charge in [0, 0.05) is 37.2 Å². The first kappa shape index (κ1) is 26.4. The summed E-state index contributed by atoms with van der Waals surface area (Å²) in [5.41, 5.74) is 2.67. The Balaban J connectivity index is 1.63. The molecule has 0 unspecified atom stereocenters. The third kappa shape index (κ3) is 7.94. The summed E-state index contributed by atoms with van der Waals surface area (Å²) < 4.78 is 14.3. The number of nitrogens with one attached hydrogen (secondary N) is 3. The number of hydrogen-bond acceptors (Lipinski definition) is 4. The number of piperidine rings is 1. The molecule has 1 aliphatic rings. The Kier molecular flexibility index (Phi) is 9.46. The number of rotatable bonds is 11. The van der Waals surface area contributed by atoms with Crippen LogP contribution in [0.4, 0.5) is 4.39 Å². The summed E-state index contributed by atoms with van der Waals surface area (Å²) in [4.78, 5) is 35.2. The Labute approximate surface area is 207 Å². The van der Waals surface area contributed by atoms with Gasteiger partial charge in [-0.1, -0.05) is 26.5 Å². The minimum Gasteiger partial charge on any atom is -0.375 e. The standard InChI is InChI=1S/C27H38FN5O2/c1-18(2)8-11-26(34)32-23(15-20(4)33-12-6-5-7-13-33)27(35)30-17-25-29-16-24(31-25)21-10-9-19(3)14-22(21)28/h9-10,14,16,18,23H,4-8,11-13,15,17H2,1-3H3,(H,29,31)(H,30,35)(H,32,34)/t23-/m0/s1. The van der Waals surface area contributed by atoms with E-state index in [4.69, 9.17) is 0 Å². The van der Waals surface area contributed by atoms with Gasteiger partial charge in [-0.05, 0) is 56.2 Å². The van der Waals surface area contributed by atoms with Gasteiger partial charge in [0.15, 0.2) is 0 Å². The predicted molar refractivity (Wildman–Crippen MR) is 136 cm³/mol. The monoisotopic (exact) mass is 483 g/mol. The second-order valence-corrected chi connectivity index (χ2v) is 9.82. The van der Waals surface area contributed by atoms with Gasteiger partial charge >= 0.3 is 0 Å². The van der Waals surface area contributed by atoms with Crippen molar-refractivity contribution in [1.29, 1.82) is 0 Å². The van der Waals surface area contributed by atoms with E-state index in [2.05, 4.69) is 45.9 Å². The molecule has 1 fully saturated rings. The number of aromatic nitrogens is 2. The molecule has 2 heterocycles.